The van der Waals surface area contributed by atoms with E-state index in [0.29, 0.717) is 11.5 Å². The van der Waals surface area contributed by atoms with Crippen molar-refractivity contribution in [3.63, 3.8) is 0 Å². The summed E-state index contributed by atoms with van der Waals surface area (Å²) < 4.78 is 10.9. The molecule has 6 nitrogen and oxygen atoms in total. The van der Waals surface area contributed by atoms with Crippen LogP contribution in [0.15, 0.2) is 132 Å². The molecule has 5 heterocycles. The monoisotopic (exact) mass is 551 g/mol. The molecule has 5 aromatic heterocycles. The number of furan rings is 1. The first-order valence-corrected chi connectivity index (χ1v) is 14.3. The van der Waals surface area contributed by atoms with Gasteiger partial charge in [0.25, 0.3) is 0 Å². The molecule has 0 bridgehead atoms. The molecule has 43 heavy (non-hydrogen) atoms. The molecule has 0 aliphatic heterocycles. The Kier molecular flexibility index (Phi) is 4.36. The number of hydrogen-bond donors (Lipinski definition) is 0. The molecule has 10 aromatic rings. The van der Waals surface area contributed by atoms with Crippen LogP contribution >= 0.6 is 0 Å². The summed E-state index contributed by atoms with van der Waals surface area (Å²) in [5.41, 5.74) is 8.95. The van der Waals surface area contributed by atoms with Crippen molar-refractivity contribution in [2.45, 2.75) is 0 Å². The predicted octanol–water partition coefficient (Wildman–Crippen LogP) is 9.09. The number of aromatic nitrogens is 5. The van der Waals surface area contributed by atoms with E-state index in [1.807, 2.05) is 48.7 Å². The normalized spacial score (nSPS) is 12.2. The van der Waals surface area contributed by atoms with Crippen LogP contribution in [0, 0.1) is 0 Å². The van der Waals surface area contributed by atoms with Gasteiger partial charge in [0.2, 0.25) is 5.95 Å². The van der Waals surface area contributed by atoms with Crippen molar-refractivity contribution in [1.82, 2.24) is 23.9 Å². The highest BCUT2D eigenvalue weighted by Crippen LogP contribution is 2.40. The maximum atomic E-state index is 6.41. The van der Waals surface area contributed by atoms with Gasteiger partial charge in [-0.2, -0.15) is 0 Å². The average molecular weight is 552 g/mol. The van der Waals surface area contributed by atoms with Gasteiger partial charge in [0, 0.05) is 33.3 Å². The van der Waals surface area contributed by atoms with Crippen LogP contribution in [0.2, 0.25) is 0 Å². The first-order valence-electron chi connectivity index (χ1n) is 14.3. The summed E-state index contributed by atoms with van der Waals surface area (Å²) in [6, 6.07) is 41.8. The molecular formula is C37H21N5O. The van der Waals surface area contributed by atoms with Crippen LogP contribution in [-0.4, -0.2) is 23.9 Å². The van der Waals surface area contributed by atoms with Gasteiger partial charge in [-0.25, -0.2) is 15.0 Å². The van der Waals surface area contributed by atoms with Crippen molar-refractivity contribution in [2.75, 3.05) is 0 Å². The van der Waals surface area contributed by atoms with Gasteiger partial charge in [0.15, 0.2) is 11.2 Å². The second kappa shape index (κ2) is 8.27. The SMILES string of the molecule is c1ccc(-c2nc(-n3c4cccc5ccc6c7ccccc7n(c7ncccc73)c6c54)nc3c2oc2ccccc23)cc1. The van der Waals surface area contributed by atoms with E-state index in [1.165, 1.54) is 10.8 Å². The van der Waals surface area contributed by atoms with Crippen molar-refractivity contribution in [2.24, 2.45) is 0 Å². The maximum absolute atomic E-state index is 6.41. The molecule has 0 atom stereocenters. The average Bonchev–Trinajstić information content (AvgIpc) is 3.57. The first kappa shape index (κ1) is 22.7. The summed E-state index contributed by atoms with van der Waals surface area (Å²) in [5, 5.41) is 5.63. The van der Waals surface area contributed by atoms with Crippen molar-refractivity contribution >= 4 is 71.3 Å². The molecule has 0 spiro atoms. The van der Waals surface area contributed by atoms with E-state index in [4.69, 9.17) is 19.4 Å². The summed E-state index contributed by atoms with van der Waals surface area (Å²) in [5.74, 6) is 0.562. The summed E-state index contributed by atoms with van der Waals surface area (Å²) >= 11 is 0. The third-order valence-corrected chi connectivity index (χ3v) is 8.57. The van der Waals surface area contributed by atoms with E-state index >= 15 is 0 Å². The number of para-hydroxylation sites is 2. The van der Waals surface area contributed by atoms with Crippen molar-refractivity contribution in [3.05, 3.63) is 128 Å². The minimum Gasteiger partial charge on any atom is -0.452 e. The Balaban J connectivity index is 1.48. The summed E-state index contributed by atoms with van der Waals surface area (Å²) in [4.78, 5) is 15.5. The third-order valence-electron chi connectivity index (χ3n) is 8.57. The van der Waals surface area contributed by atoms with Crippen LogP contribution in [-0.2, 0) is 0 Å². The number of hydrogen-bond acceptors (Lipinski definition) is 4. The molecule has 0 aliphatic rings. The zero-order chi connectivity index (χ0) is 28.1. The van der Waals surface area contributed by atoms with Crippen LogP contribution < -0.4 is 0 Å². The first-order chi connectivity index (χ1) is 21.3. The van der Waals surface area contributed by atoms with E-state index in [2.05, 4.69) is 87.8 Å². The van der Waals surface area contributed by atoms with Gasteiger partial charge in [-0.15, -0.1) is 0 Å². The number of benzene rings is 5. The quantitative estimate of drug-likeness (QED) is 0.215. The highest BCUT2D eigenvalue weighted by atomic mass is 16.3. The summed E-state index contributed by atoms with van der Waals surface area (Å²) in [7, 11) is 0. The van der Waals surface area contributed by atoms with Crippen LogP contribution in [0.3, 0.4) is 0 Å². The molecule has 0 N–H and O–H groups in total. The molecular weight excluding hydrogens is 530 g/mol. The largest absolute Gasteiger partial charge is 0.452 e. The van der Waals surface area contributed by atoms with E-state index in [-0.39, 0.29) is 0 Å². The fourth-order valence-corrected chi connectivity index (χ4v) is 6.77. The van der Waals surface area contributed by atoms with Gasteiger partial charge in [0.1, 0.15) is 16.8 Å². The standard InChI is InChI=1S/C37H21N5O/c1-2-10-23(11-3-1)32-35-33(26-14-5-7-18-30(26)43-35)40-37(39-32)41-28-16-8-12-22-19-20-25-24-13-4-6-15-27(24)42(34(25)31(22)28)36-29(41)17-9-21-38-36/h1-21H. The molecule has 0 amide bonds. The molecule has 0 fully saturated rings. The second-order valence-corrected chi connectivity index (χ2v) is 10.9. The topological polar surface area (TPSA) is 61.2 Å². The smallest absolute Gasteiger partial charge is 0.236 e. The highest BCUT2D eigenvalue weighted by molar-refractivity contribution is 6.23. The Hall–Kier alpha value is -6.01. The van der Waals surface area contributed by atoms with Crippen LogP contribution in [0.4, 0.5) is 0 Å². The lowest BCUT2D eigenvalue weighted by atomic mass is 10.0. The van der Waals surface area contributed by atoms with Crippen molar-refractivity contribution < 1.29 is 4.42 Å². The van der Waals surface area contributed by atoms with Gasteiger partial charge in [-0.05, 0) is 41.8 Å². The van der Waals surface area contributed by atoms with E-state index in [0.717, 1.165) is 66.2 Å². The Morgan fingerprint density at radius 2 is 1.37 bits per heavy atom. The van der Waals surface area contributed by atoms with Gasteiger partial charge >= 0.3 is 0 Å². The molecule has 6 heteroatoms. The number of rotatable bonds is 2. The lowest BCUT2D eigenvalue weighted by Gasteiger charge is -2.12. The number of pyridine rings is 1. The van der Waals surface area contributed by atoms with Crippen molar-refractivity contribution in [3.8, 4) is 17.2 Å². The number of nitrogens with zero attached hydrogens (tertiary/aromatic N) is 5. The maximum Gasteiger partial charge on any atom is 0.236 e. The minimum absolute atomic E-state index is 0.562. The Bertz CT molecular complexity index is 2720. The van der Waals surface area contributed by atoms with Crippen LogP contribution in [0.1, 0.15) is 0 Å². The van der Waals surface area contributed by atoms with Gasteiger partial charge < -0.3 is 4.42 Å². The number of fused-ring (bicyclic) bond motifs is 8. The Morgan fingerprint density at radius 1 is 0.581 bits per heavy atom. The predicted molar refractivity (Wildman–Crippen MR) is 173 cm³/mol. The zero-order valence-electron chi connectivity index (χ0n) is 22.8. The fraction of sp³-hybridized carbons (Fsp3) is 0. The Morgan fingerprint density at radius 3 is 2.30 bits per heavy atom. The zero-order valence-corrected chi connectivity index (χ0v) is 22.8. The third kappa shape index (κ3) is 2.99. The van der Waals surface area contributed by atoms with Gasteiger partial charge in [-0.1, -0.05) is 84.9 Å². The van der Waals surface area contributed by atoms with Crippen LogP contribution in [0.25, 0.3) is 88.5 Å². The van der Waals surface area contributed by atoms with E-state index in [1.54, 1.807) is 0 Å². The van der Waals surface area contributed by atoms with E-state index in [9.17, 15) is 0 Å². The van der Waals surface area contributed by atoms with Gasteiger partial charge in [0.05, 0.1) is 22.1 Å². The molecule has 0 saturated carbocycles. The molecule has 0 unspecified atom stereocenters. The molecule has 0 aliphatic carbocycles. The molecule has 200 valence electrons. The van der Waals surface area contributed by atoms with Crippen molar-refractivity contribution in [1.29, 1.82) is 0 Å². The highest BCUT2D eigenvalue weighted by Gasteiger charge is 2.22. The molecule has 0 saturated heterocycles. The molecule has 0 radical (unpaired) electrons. The Labute approximate surface area is 244 Å². The summed E-state index contributed by atoms with van der Waals surface area (Å²) in [6.07, 6.45) is 1.86. The van der Waals surface area contributed by atoms with E-state index < -0.39 is 0 Å². The van der Waals surface area contributed by atoms with Crippen LogP contribution in [0.5, 0.6) is 0 Å². The molecule has 10 rings (SSSR count). The minimum atomic E-state index is 0.562. The second-order valence-electron chi connectivity index (χ2n) is 10.9. The lowest BCUT2D eigenvalue weighted by molar-refractivity contribution is 0.666. The lowest BCUT2D eigenvalue weighted by Crippen LogP contribution is -2.05. The summed E-state index contributed by atoms with van der Waals surface area (Å²) in [6.45, 7) is 0. The van der Waals surface area contributed by atoms with Gasteiger partial charge in [-0.3, -0.25) is 8.97 Å². The fourth-order valence-electron chi connectivity index (χ4n) is 6.77. The molecule has 5 aromatic carbocycles.